The predicted octanol–water partition coefficient (Wildman–Crippen LogP) is 3.15. The van der Waals surface area contributed by atoms with Crippen molar-refractivity contribution in [2.24, 2.45) is 11.8 Å². The van der Waals surface area contributed by atoms with E-state index in [0.29, 0.717) is 24.3 Å². The van der Waals surface area contributed by atoms with E-state index in [4.69, 9.17) is 0 Å². The second-order valence-electron chi connectivity index (χ2n) is 9.05. The minimum Gasteiger partial charge on any atom is -0.342 e. The summed E-state index contributed by atoms with van der Waals surface area (Å²) in [4.78, 5) is 32.2. The number of likely N-dealkylation sites (tertiary alicyclic amines) is 3. The van der Waals surface area contributed by atoms with Crippen LogP contribution in [-0.2, 0) is 16.1 Å². The van der Waals surface area contributed by atoms with Gasteiger partial charge in [0, 0.05) is 32.1 Å². The van der Waals surface area contributed by atoms with E-state index in [2.05, 4.69) is 21.9 Å². The summed E-state index contributed by atoms with van der Waals surface area (Å²) in [7, 11) is 0. The molecular formula is C24H35N3O2. The van der Waals surface area contributed by atoms with Crippen LogP contribution in [0.1, 0.15) is 50.5 Å². The molecule has 0 aliphatic carbocycles. The number of rotatable bonds is 5. The second kappa shape index (κ2) is 9.75. The molecule has 2 amide bonds. The van der Waals surface area contributed by atoms with Crippen molar-refractivity contribution < 1.29 is 9.59 Å². The molecule has 158 valence electrons. The Balaban J connectivity index is 1.30. The number of benzene rings is 1. The number of carbonyl (C=O) groups is 2. The average Bonchev–Trinajstić information content (AvgIpc) is 3.23. The topological polar surface area (TPSA) is 43.9 Å². The van der Waals surface area contributed by atoms with Crippen LogP contribution in [-0.4, -0.2) is 65.8 Å². The molecule has 1 atom stereocenters. The summed E-state index contributed by atoms with van der Waals surface area (Å²) in [5.41, 5.74) is 1.22. The maximum atomic E-state index is 13.3. The van der Waals surface area contributed by atoms with E-state index in [0.717, 1.165) is 84.2 Å². The Morgan fingerprint density at radius 2 is 1.55 bits per heavy atom. The van der Waals surface area contributed by atoms with Gasteiger partial charge in [-0.1, -0.05) is 36.8 Å². The fourth-order valence-corrected chi connectivity index (χ4v) is 5.30. The lowest BCUT2D eigenvalue weighted by Gasteiger charge is -2.36. The lowest BCUT2D eigenvalue weighted by atomic mass is 9.81. The van der Waals surface area contributed by atoms with Gasteiger partial charge in [-0.2, -0.15) is 0 Å². The van der Waals surface area contributed by atoms with Gasteiger partial charge in [0.1, 0.15) is 0 Å². The Bertz CT molecular complexity index is 679. The van der Waals surface area contributed by atoms with Crippen LogP contribution in [0.2, 0.25) is 0 Å². The Morgan fingerprint density at radius 3 is 2.28 bits per heavy atom. The molecule has 3 aliphatic heterocycles. The van der Waals surface area contributed by atoms with Crippen molar-refractivity contribution in [2.45, 2.75) is 51.5 Å². The largest absolute Gasteiger partial charge is 0.342 e. The van der Waals surface area contributed by atoms with E-state index < -0.39 is 0 Å². The molecular weight excluding hydrogens is 362 g/mol. The highest BCUT2D eigenvalue weighted by atomic mass is 16.2. The number of piperidine rings is 1. The van der Waals surface area contributed by atoms with Crippen molar-refractivity contribution >= 4 is 11.8 Å². The molecule has 3 fully saturated rings. The third-order valence-corrected chi connectivity index (χ3v) is 7.06. The third-order valence-electron chi connectivity index (χ3n) is 7.06. The molecule has 4 rings (SSSR count). The smallest absolute Gasteiger partial charge is 0.236 e. The van der Waals surface area contributed by atoms with E-state index in [1.807, 2.05) is 23.1 Å². The third kappa shape index (κ3) is 5.19. The first-order chi connectivity index (χ1) is 14.2. The fourth-order valence-electron chi connectivity index (χ4n) is 5.30. The van der Waals surface area contributed by atoms with E-state index in [-0.39, 0.29) is 5.92 Å². The van der Waals surface area contributed by atoms with Gasteiger partial charge in [0.15, 0.2) is 0 Å². The first-order valence-electron chi connectivity index (χ1n) is 11.5. The SMILES string of the molecule is O=C(CN1CCC(C2CCCCN(Cc3ccccc3)C2=O)CC1)N1CCCC1. The van der Waals surface area contributed by atoms with Gasteiger partial charge in [-0.25, -0.2) is 0 Å². The first kappa shape index (κ1) is 20.4. The van der Waals surface area contributed by atoms with Crippen LogP contribution >= 0.6 is 0 Å². The Kier molecular flexibility index (Phi) is 6.86. The lowest BCUT2D eigenvalue weighted by molar-refractivity contribution is -0.138. The van der Waals surface area contributed by atoms with Crippen molar-refractivity contribution in [3.8, 4) is 0 Å². The summed E-state index contributed by atoms with van der Waals surface area (Å²) in [5, 5.41) is 0. The number of nitrogens with zero attached hydrogens (tertiary/aromatic N) is 3. The Morgan fingerprint density at radius 1 is 0.862 bits per heavy atom. The first-order valence-corrected chi connectivity index (χ1v) is 11.5. The van der Waals surface area contributed by atoms with Gasteiger partial charge in [0.05, 0.1) is 6.54 Å². The highest BCUT2D eigenvalue weighted by molar-refractivity contribution is 5.79. The minimum absolute atomic E-state index is 0.164. The summed E-state index contributed by atoms with van der Waals surface area (Å²) in [5.74, 6) is 1.29. The molecule has 0 aromatic heterocycles. The Labute approximate surface area is 175 Å². The molecule has 0 spiro atoms. The molecule has 0 saturated carbocycles. The predicted molar refractivity (Wildman–Crippen MR) is 114 cm³/mol. The number of amides is 2. The highest BCUT2D eigenvalue weighted by Gasteiger charge is 2.35. The van der Waals surface area contributed by atoms with Crippen LogP contribution < -0.4 is 0 Å². The number of hydrogen-bond donors (Lipinski definition) is 0. The van der Waals surface area contributed by atoms with E-state index >= 15 is 0 Å². The van der Waals surface area contributed by atoms with Gasteiger partial charge < -0.3 is 9.80 Å². The van der Waals surface area contributed by atoms with E-state index in [9.17, 15) is 9.59 Å². The quantitative estimate of drug-likeness (QED) is 0.767. The van der Waals surface area contributed by atoms with Gasteiger partial charge in [-0.05, 0) is 63.1 Å². The zero-order valence-corrected chi connectivity index (χ0v) is 17.6. The molecule has 29 heavy (non-hydrogen) atoms. The maximum Gasteiger partial charge on any atom is 0.236 e. The normalized spacial score (nSPS) is 24.7. The lowest BCUT2D eigenvalue weighted by Crippen LogP contribution is -2.45. The molecule has 0 N–H and O–H groups in total. The minimum atomic E-state index is 0.164. The van der Waals surface area contributed by atoms with Crippen molar-refractivity contribution in [1.82, 2.24) is 14.7 Å². The van der Waals surface area contributed by atoms with Crippen LogP contribution in [0.5, 0.6) is 0 Å². The van der Waals surface area contributed by atoms with Gasteiger partial charge in [-0.15, -0.1) is 0 Å². The molecule has 5 heteroatoms. The maximum absolute atomic E-state index is 13.3. The van der Waals surface area contributed by atoms with E-state index in [1.165, 1.54) is 5.56 Å². The molecule has 0 bridgehead atoms. The Hall–Kier alpha value is -1.88. The van der Waals surface area contributed by atoms with Crippen molar-refractivity contribution in [1.29, 1.82) is 0 Å². The molecule has 1 unspecified atom stereocenters. The molecule has 3 aliphatic rings. The second-order valence-corrected chi connectivity index (χ2v) is 9.05. The van der Waals surface area contributed by atoms with E-state index in [1.54, 1.807) is 0 Å². The van der Waals surface area contributed by atoms with Crippen LogP contribution in [0.25, 0.3) is 0 Å². The van der Waals surface area contributed by atoms with Gasteiger partial charge in [-0.3, -0.25) is 14.5 Å². The van der Waals surface area contributed by atoms with Gasteiger partial charge in [0.2, 0.25) is 11.8 Å². The van der Waals surface area contributed by atoms with Crippen molar-refractivity contribution in [2.75, 3.05) is 39.3 Å². The van der Waals surface area contributed by atoms with Crippen LogP contribution in [0, 0.1) is 11.8 Å². The molecule has 1 aromatic carbocycles. The van der Waals surface area contributed by atoms with Gasteiger partial charge >= 0.3 is 0 Å². The molecule has 3 saturated heterocycles. The molecule has 3 heterocycles. The van der Waals surface area contributed by atoms with Crippen LogP contribution in [0.4, 0.5) is 0 Å². The monoisotopic (exact) mass is 397 g/mol. The standard InChI is InChI=1S/C24H35N3O2/c28-23(26-13-6-7-14-26)19-25-16-11-21(12-17-25)22-10-4-5-15-27(24(22)29)18-20-8-2-1-3-9-20/h1-3,8-9,21-22H,4-7,10-19H2. The fraction of sp³-hybridized carbons (Fsp3) is 0.667. The average molecular weight is 398 g/mol. The van der Waals surface area contributed by atoms with Crippen molar-refractivity contribution in [3.63, 3.8) is 0 Å². The molecule has 5 nitrogen and oxygen atoms in total. The number of hydrogen-bond acceptors (Lipinski definition) is 3. The summed E-state index contributed by atoms with van der Waals surface area (Å²) in [6.45, 7) is 5.95. The summed E-state index contributed by atoms with van der Waals surface area (Å²) in [6, 6.07) is 10.4. The summed E-state index contributed by atoms with van der Waals surface area (Å²) >= 11 is 0. The summed E-state index contributed by atoms with van der Waals surface area (Å²) in [6.07, 6.45) is 7.68. The van der Waals surface area contributed by atoms with Crippen LogP contribution in [0.15, 0.2) is 30.3 Å². The summed E-state index contributed by atoms with van der Waals surface area (Å²) < 4.78 is 0. The molecule has 1 aromatic rings. The van der Waals surface area contributed by atoms with Crippen LogP contribution in [0.3, 0.4) is 0 Å². The van der Waals surface area contributed by atoms with Crippen molar-refractivity contribution in [3.05, 3.63) is 35.9 Å². The highest BCUT2D eigenvalue weighted by Crippen LogP contribution is 2.32. The zero-order valence-electron chi connectivity index (χ0n) is 17.6. The number of carbonyl (C=O) groups excluding carboxylic acids is 2. The molecule has 0 radical (unpaired) electrons. The van der Waals surface area contributed by atoms with Gasteiger partial charge in [0.25, 0.3) is 0 Å². The zero-order chi connectivity index (χ0) is 20.1.